The number of carbonyl (C=O) groups excluding carboxylic acids is 1. The first kappa shape index (κ1) is 17.4. The highest BCUT2D eigenvalue weighted by Crippen LogP contribution is 2.21. The van der Waals surface area contributed by atoms with E-state index in [1.54, 1.807) is 6.20 Å². The maximum absolute atomic E-state index is 12.6. The molecule has 25 heavy (non-hydrogen) atoms. The Morgan fingerprint density at radius 1 is 1.12 bits per heavy atom. The molecule has 0 radical (unpaired) electrons. The Kier molecular flexibility index (Phi) is 5.31. The standard InChI is InChI=1S/C20H26N4O/c1-15(18-7-5-4-6-8-18)13-19(25)23-9-11-24(12-10-23)20-17(3)21-14-16(2)22-20/h4-8,14-15H,9-13H2,1-3H3/t15-/m1/s1. The van der Waals surface area contributed by atoms with Gasteiger partial charge in [-0.2, -0.15) is 0 Å². The quantitative estimate of drug-likeness (QED) is 0.860. The van der Waals surface area contributed by atoms with Gasteiger partial charge in [0.1, 0.15) is 5.82 Å². The topological polar surface area (TPSA) is 49.3 Å². The molecule has 0 aliphatic carbocycles. The van der Waals surface area contributed by atoms with Crippen molar-refractivity contribution in [3.05, 3.63) is 53.5 Å². The van der Waals surface area contributed by atoms with Crippen molar-refractivity contribution in [1.82, 2.24) is 14.9 Å². The SMILES string of the molecule is Cc1cnc(C)c(N2CCN(C(=O)C[C@@H](C)c3ccccc3)CC2)n1. The Hall–Kier alpha value is -2.43. The summed E-state index contributed by atoms with van der Waals surface area (Å²) in [7, 11) is 0. The molecule has 1 fully saturated rings. The monoisotopic (exact) mass is 338 g/mol. The van der Waals surface area contributed by atoms with E-state index in [9.17, 15) is 4.79 Å². The van der Waals surface area contributed by atoms with Gasteiger partial charge in [0.2, 0.25) is 5.91 Å². The van der Waals surface area contributed by atoms with Crippen LogP contribution in [0, 0.1) is 13.8 Å². The average Bonchev–Trinajstić information content (AvgIpc) is 2.64. The van der Waals surface area contributed by atoms with E-state index in [1.165, 1.54) is 5.56 Å². The molecule has 0 saturated carbocycles. The normalized spacial score (nSPS) is 16.0. The molecule has 1 saturated heterocycles. The smallest absolute Gasteiger partial charge is 0.223 e. The summed E-state index contributed by atoms with van der Waals surface area (Å²) in [4.78, 5) is 25.9. The third-order valence-corrected chi connectivity index (χ3v) is 4.83. The molecule has 0 bridgehead atoms. The first-order chi connectivity index (χ1) is 12.0. The summed E-state index contributed by atoms with van der Waals surface area (Å²) in [5.74, 6) is 1.43. The van der Waals surface area contributed by atoms with E-state index in [4.69, 9.17) is 0 Å². The van der Waals surface area contributed by atoms with E-state index in [0.717, 1.165) is 43.4 Å². The van der Waals surface area contributed by atoms with Crippen molar-refractivity contribution in [3.63, 3.8) is 0 Å². The van der Waals surface area contributed by atoms with Crippen LogP contribution in [0.3, 0.4) is 0 Å². The molecule has 0 spiro atoms. The van der Waals surface area contributed by atoms with E-state index >= 15 is 0 Å². The first-order valence-electron chi connectivity index (χ1n) is 8.92. The predicted octanol–water partition coefficient (Wildman–Crippen LogP) is 2.94. The van der Waals surface area contributed by atoms with Crippen LogP contribution in [-0.4, -0.2) is 47.0 Å². The molecule has 1 aliphatic heterocycles. The molecule has 1 aromatic carbocycles. The number of hydrogen-bond acceptors (Lipinski definition) is 4. The van der Waals surface area contributed by atoms with Gasteiger partial charge < -0.3 is 9.80 Å². The van der Waals surface area contributed by atoms with Crippen LogP contribution in [0.5, 0.6) is 0 Å². The summed E-state index contributed by atoms with van der Waals surface area (Å²) in [5.41, 5.74) is 3.10. The van der Waals surface area contributed by atoms with Crippen LogP contribution in [-0.2, 0) is 4.79 Å². The number of benzene rings is 1. The number of hydrogen-bond donors (Lipinski definition) is 0. The van der Waals surface area contributed by atoms with Gasteiger partial charge in [0.15, 0.2) is 0 Å². The summed E-state index contributed by atoms with van der Waals surface area (Å²) in [6.07, 6.45) is 2.36. The van der Waals surface area contributed by atoms with Crippen LogP contribution < -0.4 is 4.90 Å². The molecular formula is C20H26N4O. The Morgan fingerprint density at radius 3 is 2.48 bits per heavy atom. The number of nitrogens with zero attached hydrogens (tertiary/aromatic N) is 4. The molecule has 1 aliphatic rings. The zero-order valence-corrected chi connectivity index (χ0v) is 15.3. The molecule has 0 unspecified atom stereocenters. The predicted molar refractivity (Wildman–Crippen MR) is 99.8 cm³/mol. The second-order valence-electron chi connectivity index (χ2n) is 6.80. The number of anilines is 1. The van der Waals surface area contributed by atoms with E-state index in [2.05, 4.69) is 33.9 Å². The van der Waals surface area contributed by atoms with Gasteiger partial charge in [0.05, 0.1) is 11.4 Å². The highest BCUT2D eigenvalue weighted by Gasteiger charge is 2.24. The van der Waals surface area contributed by atoms with E-state index in [1.807, 2.05) is 36.9 Å². The summed E-state index contributed by atoms with van der Waals surface area (Å²) in [6.45, 7) is 9.18. The lowest BCUT2D eigenvalue weighted by atomic mass is 9.97. The van der Waals surface area contributed by atoms with Gasteiger partial charge in [0, 0.05) is 38.8 Å². The van der Waals surface area contributed by atoms with E-state index in [0.29, 0.717) is 6.42 Å². The fraction of sp³-hybridized carbons (Fsp3) is 0.450. The van der Waals surface area contributed by atoms with Gasteiger partial charge in [0.25, 0.3) is 0 Å². The van der Waals surface area contributed by atoms with Crippen molar-refractivity contribution in [1.29, 1.82) is 0 Å². The van der Waals surface area contributed by atoms with Gasteiger partial charge in [-0.25, -0.2) is 4.98 Å². The Labute approximate surface area is 149 Å². The highest BCUT2D eigenvalue weighted by atomic mass is 16.2. The van der Waals surface area contributed by atoms with E-state index in [-0.39, 0.29) is 11.8 Å². The van der Waals surface area contributed by atoms with Crippen LogP contribution >= 0.6 is 0 Å². The molecule has 1 amide bonds. The molecule has 5 nitrogen and oxygen atoms in total. The number of amides is 1. The molecule has 5 heteroatoms. The minimum atomic E-state index is 0.239. The average molecular weight is 338 g/mol. The van der Waals surface area contributed by atoms with Crippen molar-refractivity contribution in [2.45, 2.75) is 33.1 Å². The Bertz CT molecular complexity index is 724. The van der Waals surface area contributed by atoms with Crippen LogP contribution in [0.15, 0.2) is 36.5 Å². The minimum absolute atomic E-state index is 0.239. The van der Waals surface area contributed by atoms with Crippen molar-refractivity contribution in [3.8, 4) is 0 Å². The van der Waals surface area contributed by atoms with Crippen molar-refractivity contribution in [2.75, 3.05) is 31.1 Å². The fourth-order valence-corrected chi connectivity index (χ4v) is 3.28. The maximum Gasteiger partial charge on any atom is 0.223 e. The highest BCUT2D eigenvalue weighted by molar-refractivity contribution is 5.77. The van der Waals surface area contributed by atoms with Crippen LogP contribution in [0.4, 0.5) is 5.82 Å². The molecule has 132 valence electrons. The molecule has 2 aromatic rings. The number of aryl methyl sites for hydroxylation is 2. The summed E-state index contributed by atoms with van der Waals surface area (Å²) < 4.78 is 0. The van der Waals surface area contributed by atoms with Crippen LogP contribution in [0.2, 0.25) is 0 Å². The maximum atomic E-state index is 12.6. The lowest BCUT2D eigenvalue weighted by Gasteiger charge is -2.36. The van der Waals surface area contributed by atoms with Crippen molar-refractivity contribution >= 4 is 11.7 Å². The number of rotatable bonds is 4. The Balaban J connectivity index is 1.57. The Morgan fingerprint density at radius 2 is 1.80 bits per heavy atom. The van der Waals surface area contributed by atoms with Crippen molar-refractivity contribution in [2.24, 2.45) is 0 Å². The van der Waals surface area contributed by atoms with Gasteiger partial charge in [-0.15, -0.1) is 0 Å². The first-order valence-corrected chi connectivity index (χ1v) is 8.92. The third kappa shape index (κ3) is 4.16. The number of carbonyl (C=O) groups is 1. The molecule has 1 atom stereocenters. The zero-order valence-electron chi connectivity index (χ0n) is 15.3. The lowest BCUT2D eigenvalue weighted by Crippen LogP contribution is -2.49. The van der Waals surface area contributed by atoms with Gasteiger partial charge in [-0.05, 0) is 25.3 Å². The summed E-state index contributed by atoms with van der Waals surface area (Å²) in [6, 6.07) is 10.2. The minimum Gasteiger partial charge on any atom is -0.352 e. The second-order valence-corrected chi connectivity index (χ2v) is 6.80. The van der Waals surface area contributed by atoms with Crippen LogP contribution in [0.1, 0.15) is 36.2 Å². The zero-order chi connectivity index (χ0) is 17.8. The van der Waals surface area contributed by atoms with Crippen LogP contribution in [0.25, 0.3) is 0 Å². The summed E-state index contributed by atoms with van der Waals surface area (Å²) >= 11 is 0. The molecular weight excluding hydrogens is 312 g/mol. The van der Waals surface area contributed by atoms with E-state index < -0.39 is 0 Å². The summed E-state index contributed by atoms with van der Waals surface area (Å²) in [5, 5.41) is 0. The second kappa shape index (κ2) is 7.64. The molecule has 1 aromatic heterocycles. The van der Waals surface area contributed by atoms with Crippen molar-refractivity contribution < 1.29 is 4.79 Å². The molecule has 0 N–H and O–H groups in total. The number of aromatic nitrogens is 2. The van der Waals surface area contributed by atoms with Gasteiger partial charge in [-0.3, -0.25) is 9.78 Å². The van der Waals surface area contributed by atoms with Gasteiger partial charge in [-0.1, -0.05) is 37.3 Å². The fourth-order valence-electron chi connectivity index (χ4n) is 3.28. The number of piperazine rings is 1. The largest absolute Gasteiger partial charge is 0.352 e. The lowest BCUT2D eigenvalue weighted by molar-refractivity contribution is -0.131. The third-order valence-electron chi connectivity index (χ3n) is 4.83. The molecule has 3 rings (SSSR count). The molecule has 2 heterocycles. The van der Waals surface area contributed by atoms with Gasteiger partial charge >= 0.3 is 0 Å².